The summed E-state index contributed by atoms with van der Waals surface area (Å²) in [6.07, 6.45) is 1.88. The van der Waals surface area contributed by atoms with Gasteiger partial charge >= 0.3 is 0 Å². The fourth-order valence-electron chi connectivity index (χ4n) is 1.40. The predicted octanol–water partition coefficient (Wildman–Crippen LogP) is 2.23. The number of nitrogens with zero attached hydrogens (tertiary/aromatic N) is 1. The molecule has 0 bridgehead atoms. The minimum atomic E-state index is 0.195. The highest BCUT2D eigenvalue weighted by molar-refractivity contribution is 8.00. The highest BCUT2D eigenvalue weighted by atomic mass is 32.2. The van der Waals surface area contributed by atoms with Gasteiger partial charge in [0.15, 0.2) is 0 Å². The first-order valence-electron chi connectivity index (χ1n) is 5.64. The van der Waals surface area contributed by atoms with E-state index < -0.39 is 0 Å². The lowest BCUT2D eigenvalue weighted by Gasteiger charge is -2.12. The first-order chi connectivity index (χ1) is 7.67. The molecule has 0 aliphatic carbocycles. The van der Waals surface area contributed by atoms with Crippen LogP contribution in [0, 0.1) is 0 Å². The molecule has 0 spiro atoms. The lowest BCUT2D eigenvalue weighted by molar-refractivity contribution is 0.300. The summed E-state index contributed by atoms with van der Waals surface area (Å²) in [6.45, 7) is 7.33. The minimum absolute atomic E-state index is 0.195. The van der Waals surface area contributed by atoms with Gasteiger partial charge in [-0.3, -0.25) is 4.98 Å². The molecule has 0 amide bonds. The van der Waals surface area contributed by atoms with Crippen LogP contribution in [0.5, 0.6) is 0 Å². The van der Waals surface area contributed by atoms with Crippen LogP contribution in [0.3, 0.4) is 0 Å². The summed E-state index contributed by atoms with van der Waals surface area (Å²) in [4.78, 5) is 5.53. The third-order valence-corrected chi connectivity index (χ3v) is 3.37. The Bertz CT molecular complexity index is 302. The van der Waals surface area contributed by atoms with Gasteiger partial charge in [-0.05, 0) is 25.6 Å². The molecular weight excluding hydrogens is 220 g/mol. The van der Waals surface area contributed by atoms with E-state index in [0.29, 0.717) is 6.04 Å². The molecule has 16 heavy (non-hydrogen) atoms. The molecule has 0 aliphatic heterocycles. The van der Waals surface area contributed by atoms with Crippen LogP contribution in [0.25, 0.3) is 0 Å². The lowest BCUT2D eigenvalue weighted by atomic mass is 10.2. The van der Waals surface area contributed by atoms with Gasteiger partial charge in [0, 0.05) is 22.4 Å². The van der Waals surface area contributed by atoms with E-state index in [1.54, 1.807) is 11.8 Å². The van der Waals surface area contributed by atoms with Gasteiger partial charge in [-0.25, -0.2) is 0 Å². The van der Waals surface area contributed by atoms with Crippen molar-refractivity contribution < 1.29 is 5.11 Å². The van der Waals surface area contributed by atoms with Gasteiger partial charge in [0.2, 0.25) is 0 Å². The molecule has 2 unspecified atom stereocenters. The normalized spacial score (nSPS) is 14.8. The van der Waals surface area contributed by atoms with Gasteiger partial charge in [0.25, 0.3) is 0 Å². The monoisotopic (exact) mass is 240 g/mol. The van der Waals surface area contributed by atoms with Crippen molar-refractivity contribution in [3.8, 4) is 0 Å². The number of aliphatic hydroxyl groups excluding tert-OH is 1. The Labute approximate surface area is 102 Å². The Hall–Kier alpha value is -0.580. The number of nitrogens with one attached hydrogen (secondary N) is 1. The second-order valence-corrected chi connectivity index (χ2v) is 5.32. The van der Waals surface area contributed by atoms with Crippen molar-refractivity contribution in [2.75, 3.05) is 13.2 Å². The Morgan fingerprint density at radius 2 is 2.19 bits per heavy atom. The Morgan fingerprint density at radius 1 is 1.44 bits per heavy atom. The Morgan fingerprint density at radius 3 is 2.69 bits per heavy atom. The molecule has 3 nitrogen and oxygen atoms in total. The zero-order valence-corrected chi connectivity index (χ0v) is 10.9. The van der Waals surface area contributed by atoms with E-state index in [1.165, 1.54) is 0 Å². The molecule has 4 heteroatoms. The van der Waals surface area contributed by atoms with Crippen LogP contribution in [-0.4, -0.2) is 28.5 Å². The number of thioether (sulfide) groups is 1. The average Bonchev–Trinajstić information content (AvgIpc) is 2.30. The standard InChI is InChI=1S/C12H20N2OS/c1-4-13-10(3)12-6-5-11(7-14-12)16-9(2)8-15/h5-7,9-10,13,15H,4,8H2,1-3H3. The van der Waals surface area contributed by atoms with Gasteiger partial charge in [0.1, 0.15) is 0 Å². The van der Waals surface area contributed by atoms with Crippen molar-refractivity contribution in [2.24, 2.45) is 0 Å². The maximum Gasteiger partial charge on any atom is 0.0571 e. The molecule has 1 heterocycles. The van der Waals surface area contributed by atoms with Crippen LogP contribution in [0.1, 0.15) is 32.5 Å². The van der Waals surface area contributed by atoms with Crippen molar-refractivity contribution in [2.45, 2.75) is 37.0 Å². The number of pyridine rings is 1. The van der Waals surface area contributed by atoms with Crippen molar-refractivity contribution in [3.63, 3.8) is 0 Å². The van der Waals surface area contributed by atoms with E-state index in [2.05, 4.69) is 30.2 Å². The van der Waals surface area contributed by atoms with Crippen molar-refractivity contribution in [1.29, 1.82) is 0 Å². The number of rotatable bonds is 6. The summed E-state index contributed by atoms with van der Waals surface area (Å²) in [6, 6.07) is 4.39. The molecular formula is C12H20N2OS. The summed E-state index contributed by atoms with van der Waals surface area (Å²) < 4.78 is 0. The highest BCUT2D eigenvalue weighted by Crippen LogP contribution is 2.22. The average molecular weight is 240 g/mol. The summed E-state index contributed by atoms with van der Waals surface area (Å²) in [5.41, 5.74) is 1.06. The SMILES string of the molecule is CCNC(C)c1ccc(SC(C)CO)cn1. The molecule has 0 saturated carbocycles. The number of hydrogen-bond acceptors (Lipinski definition) is 4. The van der Waals surface area contributed by atoms with E-state index in [-0.39, 0.29) is 11.9 Å². The number of aliphatic hydroxyl groups is 1. The first kappa shape index (κ1) is 13.5. The van der Waals surface area contributed by atoms with Crippen molar-refractivity contribution >= 4 is 11.8 Å². The lowest BCUT2D eigenvalue weighted by Crippen LogP contribution is -2.18. The van der Waals surface area contributed by atoms with E-state index in [4.69, 9.17) is 5.11 Å². The van der Waals surface area contributed by atoms with E-state index in [0.717, 1.165) is 17.1 Å². The maximum absolute atomic E-state index is 8.96. The largest absolute Gasteiger partial charge is 0.395 e. The molecule has 0 radical (unpaired) electrons. The first-order valence-corrected chi connectivity index (χ1v) is 6.52. The van der Waals surface area contributed by atoms with Crippen LogP contribution >= 0.6 is 11.8 Å². The number of hydrogen-bond donors (Lipinski definition) is 2. The fourth-order valence-corrected chi connectivity index (χ4v) is 2.20. The predicted molar refractivity (Wildman–Crippen MR) is 68.7 cm³/mol. The van der Waals surface area contributed by atoms with E-state index in [9.17, 15) is 0 Å². The van der Waals surface area contributed by atoms with Crippen LogP contribution in [0.2, 0.25) is 0 Å². The van der Waals surface area contributed by atoms with E-state index >= 15 is 0 Å². The fraction of sp³-hybridized carbons (Fsp3) is 0.583. The third kappa shape index (κ3) is 4.12. The Kier molecular flexibility index (Phi) is 5.80. The van der Waals surface area contributed by atoms with Crippen LogP contribution in [0.4, 0.5) is 0 Å². The third-order valence-electron chi connectivity index (χ3n) is 2.31. The maximum atomic E-state index is 8.96. The molecule has 0 fully saturated rings. The molecule has 0 aliphatic rings. The second kappa shape index (κ2) is 6.89. The van der Waals surface area contributed by atoms with Crippen LogP contribution < -0.4 is 5.32 Å². The van der Waals surface area contributed by atoms with Crippen molar-refractivity contribution in [3.05, 3.63) is 24.0 Å². The Balaban J connectivity index is 2.60. The summed E-state index contributed by atoms with van der Waals surface area (Å²) in [5, 5.41) is 12.5. The molecule has 90 valence electrons. The quantitative estimate of drug-likeness (QED) is 0.748. The minimum Gasteiger partial charge on any atom is -0.395 e. The van der Waals surface area contributed by atoms with Gasteiger partial charge in [0.05, 0.1) is 12.3 Å². The molecule has 1 aromatic heterocycles. The van der Waals surface area contributed by atoms with Crippen LogP contribution in [-0.2, 0) is 0 Å². The summed E-state index contributed by atoms with van der Waals surface area (Å²) in [5.74, 6) is 0. The van der Waals surface area contributed by atoms with Gasteiger partial charge in [-0.1, -0.05) is 13.8 Å². The van der Waals surface area contributed by atoms with Gasteiger partial charge < -0.3 is 10.4 Å². The topological polar surface area (TPSA) is 45.1 Å². The zero-order valence-electron chi connectivity index (χ0n) is 10.1. The summed E-state index contributed by atoms with van der Waals surface area (Å²) >= 11 is 1.64. The number of aromatic nitrogens is 1. The van der Waals surface area contributed by atoms with Crippen molar-refractivity contribution in [1.82, 2.24) is 10.3 Å². The summed E-state index contributed by atoms with van der Waals surface area (Å²) in [7, 11) is 0. The van der Waals surface area contributed by atoms with Crippen LogP contribution in [0.15, 0.2) is 23.2 Å². The molecule has 2 N–H and O–H groups in total. The molecule has 0 aromatic carbocycles. The van der Waals surface area contributed by atoms with E-state index in [1.807, 2.05) is 19.2 Å². The smallest absolute Gasteiger partial charge is 0.0571 e. The highest BCUT2D eigenvalue weighted by Gasteiger charge is 2.06. The van der Waals surface area contributed by atoms with Gasteiger partial charge in [-0.2, -0.15) is 0 Å². The van der Waals surface area contributed by atoms with Gasteiger partial charge in [-0.15, -0.1) is 11.8 Å². The second-order valence-electron chi connectivity index (χ2n) is 3.81. The molecule has 0 saturated heterocycles. The molecule has 1 aromatic rings. The zero-order chi connectivity index (χ0) is 12.0. The molecule has 1 rings (SSSR count). The molecule has 2 atom stereocenters.